The number of nitrogens with two attached hydrogens (primary N) is 1. The number of thiazole rings is 1. The van der Waals surface area contributed by atoms with Crippen LogP contribution in [0.3, 0.4) is 0 Å². The highest BCUT2D eigenvalue weighted by Crippen LogP contribution is 2.33. The van der Waals surface area contributed by atoms with Crippen LogP contribution in [-0.4, -0.2) is 18.1 Å². The summed E-state index contributed by atoms with van der Waals surface area (Å²) in [6, 6.07) is 16.8. The molecule has 3 nitrogen and oxygen atoms in total. The van der Waals surface area contributed by atoms with E-state index in [1.54, 1.807) is 11.3 Å². The molecule has 0 radical (unpaired) electrons. The summed E-state index contributed by atoms with van der Waals surface area (Å²) in [5.41, 5.74) is 9.19. The molecule has 0 amide bonds. The molecule has 2 aromatic carbocycles. The van der Waals surface area contributed by atoms with Gasteiger partial charge in [0.25, 0.3) is 0 Å². The van der Waals surface area contributed by atoms with Crippen molar-refractivity contribution in [3.63, 3.8) is 0 Å². The smallest absolute Gasteiger partial charge is 0.190 e. The maximum Gasteiger partial charge on any atom is 0.190 e. The summed E-state index contributed by atoms with van der Waals surface area (Å²) in [5, 5.41) is 1.04. The Balaban J connectivity index is 1.99. The van der Waals surface area contributed by atoms with E-state index in [9.17, 15) is 0 Å². The second kappa shape index (κ2) is 6.24. The highest BCUT2D eigenvalue weighted by atomic mass is 32.1. The number of hydrogen-bond acceptors (Lipinski definition) is 4. The highest BCUT2D eigenvalue weighted by molar-refractivity contribution is 7.22. The molecule has 21 heavy (non-hydrogen) atoms. The lowest BCUT2D eigenvalue weighted by Gasteiger charge is -2.21. The largest absolute Gasteiger partial charge is 0.330 e. The monoisotopic (exact) mass is 297 g/mol. The van der Waals surface area contributed by atoms with Crippen molar-refractivity contribution >= 4 is 32.4 Å². The average Bonchev–Trinajstić information content (AvgIpc) is 2.93. The highest BCUT2D eigenvalue weighted by Gasteiger charge is 2.13. The van der Waals surface area contributed by atoms with Crippen molar-refractivity contribution in [3.8, 4) is 0 Å². The zero-order valence-electron chi connectivity index (χ0n) is 12.1. The minimum Gasteiger partial charge on any atom is -0.330 e. The van der Waals surface area contributed by atoms with Crippen LogP contribution in [0.5, 0.6) is 0 Å². The fourth-order valence-corrected chi connectivity index (χ4v) is 3.30. The number of para-hydroxylation sites is 1. The maximum absolute atomic E-state index is 5.69. The van der Waals surface area contributed by atoms with E-state index in [1.165, 1.54) is 16.0 Å². The van der Waals surface area contributed by atoms with E-state index in [2.05, 4.69) is 54.3 Å². The molecular weight excluding hydrogens is 278 g/mol. The number of aryl methyl sites for hydroxylation is 1. The summed E-state index contributed by atoms with van der Waals surface area (Å²) in [6.07, 6.45) is 0.948. The standard InChI is InChI=1S/C17H19N3S/c1-13-7-9-14(10-8-13)20(12-4-11-18)17-19-15-5-2-3-6-16(15)21-17/h2-3,5-10H,4,11-12,18H2,1H3. The van der Waals surface area contributed by atoms with Crippen LogP contribution in [0.25, 0.3) is 10.2 Å². The fourth-order valence-electron chi connectivity index (χ4n) is 2.28. The number of nitrogens with zero attached hydrogens (tertiary/aromatic N) is 2. The lowest BCUT2D eigenvalue weighted by molar-refractivity contribution is 0.816. The van der Waals surface area contributed by atoms with Crippen molar-refractivity contribution in [2.45, 2.75) is 13.3 Å². The summed E-state index contributed by atoms with van der Waals surface area (Å²) >= 11 is 1.73. The van der Waals surface area contributed by atoms with E-state index in [1.807, 2.05) is 6.07 Å². The molecule has 0 aliphatic rings. The molecule has 0 saturated heterocycles. The lowest BCUT2D eigenvalue weighted by atomic mass is 10.2. The van der Waals surface area contributed by atoms with Gasteiger partial charge in [-0.3, -0.25) is 0 Å². The van der Waals surface area contributed by atoms with Gasteiger partial charge in [0, 0.05) is 12.2 Å². The Kier molecular flexibility index (Phi) is 4.18. The summed E-state index contributed by atoms with van der Waals surface area (Å²) in [7, 11) is 0. The van der Waals surface area contributed by atoms with E-state index in [0.29, 0.717) is 6.54 Å². The van der Waals surface area contributed by atoms with Crippen molar-refractivity contribution < 1.29 is 0 Å². The van der Waals surface area contributed by atoms with Crippen LogP contribution in [0.1, 0.15) is 12.0 Å². The van der Waals surface area contributed by atoms with E-state index >= 15 is 0 Å². The van der Waals surface area contributed by atoms with Crippen molar-refractivity contribution in [3.05, 3.63) is 54.1 Å². The number of rotatable bonds is 5. The molecule has 0 saturated carbocycles. The Hall–Kier alpha value is -1.91. The van der Waals surface area contributed by atoms with Gasteiger partial charge in [0.1, 0.15) is 0 Å². The molecule has 3 aromatic rings. The zero-order chi connectivity index (χ0) is 14.7. The van der Waals surface area contributed by atoms with Crippen LogP contribution in [-0.2, 0) is 0 Å². The number of anilines is 2. The van der Waals surface area contributed by atoms with Gasteiger partial charge in [0.2, 0.25) is 0 Å². The molecule has 1 aromatic heterocycles. The second-order valence-electron chi connectivity index (χ2n) is 5.09. The number of aromatic nitrogens is 1. The fraction of sp³-hybridized carbons (Fsp3) is 0.235. The van der Waals surface area contributed by atoms with Gasteiger partial charge in [0.05, 0.1) is 10.2 Å². The molecule has 0 unspecified atom stereocenters. The van der Waals surface area contributed by atoms with Gasteiger partial charge in [0.15, 0.2) is 5.13 Å². The van der Waals surface area contributed by atoms with Gasteiger partial charge < -0.3 is 10.6 Å². The molecule has 0 spiro atoms. The molecule has 4 heteroatoms. The molecule has 0 aliphatic carbocycles. The van der Waals surface area contributed by atoms with Gasteiger partial charge in [-0.05, 0) is 44.2 Å². The first-order chi connectivity index (χ1) is 10.3. The molecule has 1 heterocycles. The Bertz CT molecular complexity index is 685. The van der Waals surface area contributed by atoms with Crippen LogP contribution in [0.2, 0.25) is 0 Å². The quantitative estimate of drug-likeness (QED) is 0.771. The predicted octanol–water partition coefficient (Wildman–Crippen LogP) is 4.09. The molecule has 108 valence electrons. The minimum absolute atomic E-state index is 0.688. The van der Waals surface area contributed by atoms with Crippen LogP contribution < -0.4 is 10.6 Å². The summed E-state index contributed by atoms with van der Waals surface area (Å²) < 4.78 is 1.22. The summed E-state index contributed by atoms with van der Waals surface area (Å²) in [6.45, 7) is 3.68. The first-order valence-electron chi connectivity index (χ1n) is 7.18. The summed E-state index contributed by atoms with van der Waals surface area (Å²) in [4.78, 5) is 7.03. The van der Waals surface area contributed by atoms with Gasteiger partial charge in [-0.25, -0.2) is 4.98 Å². The lowest BCUT2D eigenvalue weighted by Crippen LogP contribution is -2.20. The topological polar surface area (TPSA) is 42.1 Å². The Labute approximate surface area is 129 Å². The molecule has 0 aliphatic heterocycles. The van der Waals surface area contributed by atoms with Gasteiger partial charge in [-0.2, -0.15) is 0 Å². The number of hydrogen-bond donors (Lipinski definition) is 1. The molecular formula is C17H19N3S. The molecule has 0 fully saturated rings. The Morgan fingerprint density at radius 2 is 1.86 bits per heavy atom. The predicted molar refractivity (Wildman–Crippen MR) is 91.5 cm³/mol. The van der Waals surface area contributed by atoms with E-state index in [-0.39, 0.29) is 0 Å². The Morgan fingerprint density at radius 1 is 1.10 bits per heavy atom. The van der Waals surface area contributed by atoms with Gasteiger partial charge >= 0.3 is 0 Å². The van der Waals surface area contributed by atoms with E-state index in [4.69, 9.17) is 10.7 Å². The number of fused-ring (bicyclic) bond motifs is 1. The van der Waals surface area contributed by atoms with Gasteiger partial charge in [-0.1, -0.05) is 41.2 Å². The second-order valence-corrected chi connectivity index (χ2v) is 6.10. The summed E-state index contributed by atoms with van der Waals surface area (Å²) in [5.74, 6) is 0. The zero-order valence-corrected chi connectivity index (χ0v) is 12.9. The third kappa shape index (κ3) is 3.06. The normalized spacial score (nSPS) is 11.0. The maximum atomic E-state index is 5.69. The molecule has 0 bridgehead atoms. The SMILES string of the molecule is Cc1ccc(N(CCCN)c2nc3ccccc3s2)cc1. The molecule has 2 N–H and O–H groups in total. The molecule has 3 rings (SSSR count). The Morgan fingerprint density at radius 3 is 2.57 bits per heavy atom. The van der Waals surface area contributed by atoms with Crippen molar-refractivity contribution in [1.82, 2.24) is 4.98 Å². The van der Waals surface area contributed by atoms with Crippen LogP contribution in [0, 0.1) is 6.92 Å². The van der Waals surface area contributed by atoms with Crippen molar-refractivity contribution in [2.24, 2.45) is 5.73 Å². The van der Waals surface area contributed by atoms with E-state index in [0.717, 1.165) is 23.6 Å². The minimum atomic E-state index is 0.688. The van der Waals surface area contributed by atoms with Crippen LogP contribution in [0.4, 0.5) is 10.8 Å². The number of benzene rings is 2. The van der Waals surface area contributed by atoms with Crippen LogP contribution in [0.15, 0.2) is 48.5 Å². The third-order valence-electron chi connectivity index (χ3n) is 3.44. The first-order valence-corrected chi connectivity index (χ1v) is 7.99. The molecule has 0 atom stereocenters. The van der Waals surface area contributed by atoms with Gasteiger partial charge in [-0.15, -0.1) is 0 Å². The van der Waals surface area contributed by atoms with E-state index < -0.39 is 0 Å². The van der Waals surface area contributed by atoms with Crippen molar-refractivity contribution in [2.75, 3.05) is 18.0 Å². The average molecular weight is 297 g/mol. The van der Waals surface area contributed by atoms with Crippen molar-refractivity contribution in [1.29, 1.82) is 0 Å². The van der Waals surface area contributed by atoms with Crippen LogP contribution >= 0.6 is 11.3 Å². The first kappa shape index (κ1) is 14.0. The third-order valence-corrected chi connectivity index (χ3v) is 4.50.